The average molecular weight is 490 g/mol. The zero-order valence-corrected chi connectivity index (χ0v) is 17.6. The molecule has 2 N–H and O–H groups in total. The number of hydrogen-bond donors (Lipinski definition) is 2. The Labute approximate surface area is 184 Å². The molecular formula is C20H16F6N4O2S. The van der Waals surface area contributed by atoms with Gasteiger partial charge in [0.2, 0.25) is 5.95 Å². The van der Waals surface area contributed by atoms with Crippen molar-refractivity contribution in [3.8, 4) is 0 Å². The second-order valence-corrected chi connectivity index (χ2v) is 8.94. The van der Waals surface area contributed by atoms with Gasteiger partial charge in [0.25, 0.3) is 0 Å². The highest BCUT2D eigenvalue weighted by molar-refractivity contribution is 7.90. The lowest BCUT2D eigenvalue weighted by molar-refractivity contribution is -0.138. The van der Waals surface area contributed by atoms with Crippen LogP contribution in [0.5, 0.6) is 0 Å². The van der Waals surface area contributed by atoms with E-state index in [-0.39, 0.29) is 23.1 Å². The number of sulfone groups is 1. The van der Waals surface area contributed by atoms with Crippen LogP contribution in [0, 0.1) is 0 Å². The van der Waals surface area contributed by atoms with Gasteiger partial charge in [-0.15, -0.1) is 0 Å². The number of nitrogens with one attached hydrogen (secondary N) is 2. The van der Waals surface area contributed by atoms with Crippen molar-refractivity contribution in [1.29, 1.82) is 0 Å². The van der Waals surface area contributed by atoms with Crippen LogP contribution in [0.1, 0.15) is 16.7 Å². The summed E-state index contributed by atoms with van der Waals surface area (Å²) in [6.07, 6.45) is -7.78. The molecule has 2 aromatic carbocycles. The van der Waals surface area contributed by atoms with Crippen molar-refractivity contribution < 1.29 is 34.8 Å². The van der Waals surface area contributed by atoms with E-state index in [9.17, 15) is 34.8 Å². The number of anilines is 3. The van der Waals surface area contributed by atoms with Gasteiger partial charge in [-0.3, -0.25) is 0 Å². The maximum absolute atomic E-state index is 13.4. The van der Waals surface area contributed by atoms with Crippen molar-refractivity contribution in [3.05, 3.63) is 71.4 Å². The molecule has 0 fully saturated rings. The Morgan fingerprint density at radius 2 is 1.61 bits per heavy atom. The first-order chi connectivity index (χ1) is 15.2. The van der Waals surface area contributed by atoms with Crippen LogP contribution >= 0.6 is 0 Å². The molecule has 3 rings (SSSR count). The van der Waals surface area contributed by atoms with Crippen LogP contribution < -0.4 is 10.6 Å². The first-order valence-electron chi connectivity index (χ1n) is 9.15. The maximum Gasteiger partial charge on any atom is 0.421 e. The van der Waals surface area contributed by atoms with E-state index in [1.807, 2.05) is 0 Å². The summed E-state index contributed by atoms with van der Waals surface area (Å²) in [6, 6.07) is 9.45. The first kappa shape index (κ1) is 24.3. The second-order valence-electron chi connectivity index (χ2n) is 6.93. The molecule has 1 heterocycles. The van der Waals surface area contributed by atoms with Crippen LogP contribution in [0.15, 0.2) is 59.6 Å². The molecule has 0 aliphatic heterocycles. The molecule has 0 atom stereocenters. The third kappa shape index (κ3) is 6.34. The fourth-order valence-electron chi connectivity index (χ4n) is 2.73. The number of nitrogens with zero attached hydrogens (tertiary/aromatic N) is 2. The highest BCUT2D eigenvalue weighted by Gasteiger charge is 2.35. The fourth-order valence-corrected chi connectivity index (χ4v) is 3.42. The molecule has 0 amide bonds. The van der Waals surface area contributed by atoms with Crippen LogP contribution in [0.4, 0.5) is 43.8 Å². The Morgan fingerprint density at radius 1 is 0.939 bits per heavy atom. The average Bonchev–Trinajstić information content (AvgIpc) is 2.71. The van der Waals surface area contributed by atoms with Gasteiger partial charge in [-0.25, -0.2) is 13.4 Å². The molecular weight excluding hydrogens is 474 g/mol. The molecule has 0 aliphatic carbocycles. The normalized spacial score (nSPS) is 12.5. The molecule has 1 aromatic heterocycles. The number of benzene rings is 2. The molecule has 0 radical (unpaired) electrons. The summed E-state index contributed by atoms with van der Waals surface area (Å²) < 4.78 is 102. The molecule has 0 aliphatic rings. The van der Waals surface area contributed by atoms with Crippen LogP contribution in [0.25, 0.3) is 0 Å². The van der Waals surface area contributed by atoms with Crippen molar-refractivity contribution in [1.82, 2.24) is 9.97 Å². The van der Waals surface area contributed by atoms with Gasteiger partial charge in [-0.2, -0.15) is 31.3 Å². The monoisotopic (exact) mass is 490 g/mol. The molecule has 0 saturated carbocycles. The largest absolute Gasteiger partial charge is 0.421 e. The Morgan fingerprint density at radius 3 is 2.18 bits per heavy atom. The van der Waals surface area contributed by atoms with Gasteiger partial charge in [0, 0.05) is 24.7 Å². The predicted octanol–water partition coefficient (Wildman–Crippen LogP) is 5.27. The van der Waals surface area contributed by atoms with E-state index in [4.69, 9.17) is 0 Å². The minimum atomic E-state index is -4.79. The lowest BCUT2D eigenvalue weighted by Crippen LogP contribution is -2.14. The molecule has 0 unspecified atom stereocenters. The number of hydrogen-bond acceptors (Lipinski definition) is 6. The minimum absolute atomic E-state index is 0.00481. The zero-order chi connectivity index (χ0) is 24.4. The van der Waals surface area contributed by atoms with E-state index in [2.05, 4.69) is 20.6 Å². The number of rotatable bonds is 6. The maximum atomic E-state index is 13.4. The summed E-state index contributed by atoms with van der Waals surface area (Å²) in [6.45, 7) is -0.177. The smallest absolute Gasteiger partial charge is 0.365 e. The Balaban J connectivity index is 1.85. The Bertz CT molecular complexity index is 1240. The molecule has 3 aromatic rings. The molecule has 6 nitrogen and oxygen atoms in total. The van der Waals surface area contributed by atoms with Gasteiger partial charge in [0.1, 0.15) is 11.4 Å². The summed E-state index contributed by atoms with van der Waals surface area (Å²) in [5.74, 6) is -0.869. The SMILES string of the molecule is CS(=O)(=O)c1cccc(CNc2nc(Nc3ccc(C(F)(F)F)cc3)ncc2C(F)(F)F)c1. The Hall–Kier alpha value is -3.35. The van der Waals surface area contributed by atoms with Crippen LogP contribution in [0.3, 0.4) is 0 Å². The van der Waals surface area contributed by atoms with Crippen molar-refractivity contribution in [2.45, 2.75) is 23.8 Å². The summed E-state index contributed by atoms with van der Waals surface area (Å²) in [5.41, 5.74) is -1.53. The van der Waals surface area contributed by atoms with Gasteiger partial charge in [0.05, 0.1) is 10.5 Å². The third-order valence-corrected chi connectivity index (χ3v) is 5.46. The number of alkyl halides is 6. The molecule has 176 valence electrons. The lowest BCUT2D eigenvalue weighted by atomic mass is 10.2. The highest BCUT2D eigenvalue weighted by Crippen LogP contribution is 2.35. The molecule has 0 saturated heterocycles. The van der Waals surface area contributed by atoms with E-state index in [0.29, 0.717) is 11.8 Å². The van der Waals surface area contributed by atoms with E-state index in [1.54, 1.807) is 0 Å². The number of halogens is 6. The number of aromatic nitrogens is 2. The zero-order valence-electron chi connectivity index (χ0n) is 16.8. The summed E-state index contributed by atoms with van der Waals surface area (Å²) in [7, 11) is -3.51. The van der Waals surface area contributed by atoms with Crippen molar-refractivity contribution in [2.24, 2.45) is 0 Å². The lowest BCUT2D eigenvalue weighted by Gasteiger charge is -2.15. The van der Waals surface area contributed by atoms with Gasteiger partial charge in [-0.1, -0.05) is 12.1 Å². The second kappa shape index (κ2) is 8.89. The van der Waals surface area contributed by atoms with Crippen molar-refractivity contribution in [2.75, 3.05) is 16.9 Å². The van der Waals surface area contributed by atoms with Crippen LogP contribution in [-0.2, 0) is 28.7 Å². The molecule has 0 spiro atoms. The van der Waals surface area contributed by atoms with E-state index < -0.39 is 39.1 Å². The van der Waals surface area contributed by atoms with E-state index in [0.717, 1.165) is 30.5 Å². The molecule has 0 bridgehead atoms. The fraction of sp³-hybridized carbons (Fsp3) is 0.200. The third-order valence-electron chi connectivity index (χ3n) is 4.35. The van der Waals surface area contributed by atoms with Crippen LogP contribution in [-0.4, -0.2) is 24.6 Å². The Kier molecular flexibility index (Phi) is 6.54. The van der Waals surface area contributed by atoms with Gasteiger partial charge < -0.3 is 10.6 Å². The van der Waals surface area contributed by atoms with Gasteiger partial charge >= 0.3 is 12.4 Å². The molecule has 13 heteroatoms. The summed E-state index contributed by atoms with van der Waals surface area (Å²) in [4.78, 5) is 7.39. The van der Waals surface area contributed by atoms with Crippen molar-refractivity contribution in [3.63, 3.8) is 0 Å². The van der Waals surface area contributed by atoms with E-state index >= 15 is 0 Å². The topological polar surface area (TPSA) is 84.0 Å². The quantitative estimate of drug-likeness (QED) is 0.458. The summed E-state index contributed by atoms with van der Waals surface area (Å²) >= 11 is 0. The van der Waals surface area contributed by atoms with Crippen LogP contribution in [0.2, 0.25) is 0 Å². The van der Waals surface area contributed by atoms with E-state index in [1.165, 1.54) is 24.3 Å². The summed E-state index contributed by atoms with van der Waals surface area (Å²) in [5, 5.41) is 5.07. The van der Waals surface area contributed by atoms with Gasteiger partial charge in [0.15, 0.2) is 9.84 Å². The standard InChI is InChI=1S/C20H16F6N4O2S/c1-33(31,32)15-4-2-3-12(9-15)10-27-17-16(20(24,25)26)11-28-18(30-17)29-14-7-5-13(6-8-14)19(21,22)23/h2-9,11H,10H2,1H3,(H2,27,28,29,30). The minimum Gasteiger partial charge on any atom is -0.365 e. The highest BCUT2D eigenvalue weighted by atomic mass is 32.2. The molecule has 33 heavy (non-hydrogen) atoms. The van der Waals surface area contributed by atoms with Crippen molar-refractivity contribution >= 4 is 27.3 Å². The first-order valence-corrected chi connectivity index (χ1v) is 11.0. The van der Waals surface area contributed by atoms with Gasteiger partial charge in [-0.05, 0) is 42.0 Å². The predicted molar refractivity (Wildman–Crippen MR) is 109 cm³/mol.